The number of carbonyl (C=O) groups is 1. The fourth-order valence-corrected chi connectivity index (χ4v) is 2.01. The fraction of sp³-hybridized carbons (Fsp3) is 0.800. The molecule has 1 fully saturated rings. The summed E-state index contributed by atoms with van der Waals surface area (Å²) >= 11 is 0. The smallest absolute Gasteiger partial charge is 0.274 e. The minimum absolute atomic E-state index is 0.275. The van der Waals surface area contributed by atoms with Gasteiger partial charge in [0.15, 0.2) is 5.78 Å². The Bertz CT molecular complexity index is 240. The molecule has 1 unspecified atom stereocenters. The number of ketones is 1. The molecule has 1 saturated carbocycles. The average Bonchev–Trinajstić information content (AvgIpc) is 2.11. The Morgan fingerprint density at radius 3 is 2.30 bits per heavy atom. The van der Waals surface area contributed by atoms with Crippen molar-refractivity contribution < 1.29 is 17.8 Å². The van der Waals surface area contributed by atoms with Crippen LogP contribution in [0.1, 0.15) is 19.3 Å². The average molecular weight is 164 g/mol. The van der Waals surface area contributed by atoms with Crippen molar-refractivity contribution >= 4 is 15.9 Å². The summed E-state index contributed by atoms with van der Waals surface area (Å²) < 4.78 is 29.2. The highest BCUT2D eigenvalue weighted by molar-refractivity contribution is 7.87. The van der Waals surface area contributed by atoms with Gasteiger partial charge < -0.3 is 0 Å². The van der Waals surface area contributed by atoms with Crippen molar-refractivity contribution in [3.05, 3.63) is 0 Å². The predicted octanol–water partition coefficient (Wildman–Crippen LogP) is -0.00420. The lowest BCUT2D eigenvalue weighted by Crippen LogP contribution is -2.24. The first kappa shape index (κ1) is 7.68. The van der Waals surface area contributed by atoms with Crippen molar-refractivity contribution in [3.8, 4) is 0 Å². The largest absolute Gasteiger partial charge is 0.298 e. The van der Waals surface area contributed by atoms with Crippen molar-refractivity contribution in [2.45, 2.75) is 24.5 Å². The van der Waals surface area contributed by atoms with Gasteiger partial charge in [-0.25, -0.2) is 0 Å². The van der Waals surface area contributed by atoms with Crippen molar-refractivity contribution in [2.75, 3.05) is 0 Å². The monoisotopic (exact) mass is 164 g/mol. The summed E-state index contributed by atoms with van der Waals surface area (Å²) in [6, 6.07) is 0. The molecule has 0 amide bonds. The van der Waals surface area contributed by atoms with Crippen LogP contribution in [0.5, 0.6) is 0 Å². The molecule has 58 valence electrons. The summed E-state index contributed by atoms with van der Waals surface area (Å²) in [6.45, 7) is 0. The maximum Gasteiger partial charge on any atom is 0.274 e. The number of hydrogen-bond acceptors (Lipinski definition) is 3. The SMILES string of the molecule is O=C1CCCC1S(=O)(=O)O. The second-order valence-corrected chi connectivity index (χ2v) is 3.96. The lowest BCUT2D eigenvalue weighted by atomic mass is 10.3. The highest BCUT2D eigenvalue weighted by Gasteiger charge is 2.34. The molecule has 4 nitrogen and oxygen atoms in total. The van der Waals surface area contributed by atoms with Crippen LogP contribution in [0.2, 0.25) is 0 Å². The van der Waals surface area contributed by atoms with E-state index in [4.69, 9.17) is 4.55 Å². The minimum Gasteiger partial charge on any atom is -0.298 e. The Morgan fingerprint density at radius 2 is 2.10 bits per heavy atom. The quantitative estimate of drug-likeness (QED) is 0.553. The Labute approximate surface area is 59.0 Å². The van der Waals surface area contributed by atoms with Gasteiger partial charge in [0.25, 0.3) is 10.1 Å². The number of Topliss-reactive ketones (excluding diaryl/α,β-unsaturated/α-hetero) is 1. The van der Waals surface area contributed by atoms with E-state index in [0.717, 1.165) is 0 Å². The van der Waals surface area contributed by atoms with Gasteiger partial charge in [0, 0.05) is 6.42 Å². The van der Waals surface area contributed by atoms with Gasteiger partial charge in [-0.05, 0) is 12.8 Å². The molecule has 0 aromatic heterocycles. The standard InChI is InChI=1S/C5H8O4S/c6-4-2-1-3-5(4)10(7,8)9/h5H,1-3H2,(H,7,8,9). The van der Waals surface area contributed by atoms with E-state index < -0.39 is 15.4 Å². The van der Waals surface area contributed by atoms with E-state index in [2.05, 4.69) is 0 Å². The van der Waals surface area contributed by atoms with Crippen molar-refractivity contribution in [2.24, 2.45) is 0 Å². The minimum atomic E-state index is -4.10. The van der Waals surface area contributed by atoms with Crippen molar-refractivity contribution in [1.82, 2.24) is 0 Å². The summed E-state index contributed by atoms with van der Waals surface area (Å²) in [5.41, 5.74) is 0. The van der Waals surface area contributed by atoms with E-state index in [1.807, 2.05) is 0 Å². The maximum atomic E-state index is 10.7. The van der Waals surface area contributed by atoms with Gasteiger partial charge >= 0.3 is 0 Å². The van der Waals surface area contributed by atoms with Gasteiger partial charge in [-0.3, -0.25) is 9.35 Å². The van der Waals surface area contributed by atoms with Crippen LogP contribution in [0, 0.1) is 0 Å². The number of rotatable bonds is 1. The fourth-order valence-electron chi connectivity index (χ4n) is 1.10. The summed E-state index contributed by atoms with van der Waals surface area (Å²) in [7, 11) is -4.10. The summed E-state index contributed by atoms with van der Waals surface area (Å²) in [4.78, 5) is 10.7. The maximum absolute atomic E-state index is 10.7. The topological polar surface area (TPSA) is 71.4 Å². The molecule has 0 aromatic carbocycles. The Morgan fingerprint density at radius 1 is 1.50 bits per heavy atom. The van der Waals surface area contributed by atoms with Crippen LogP contribution in [0.25, 0.3) is 0 Å². The molecule has 0 aliphatic heterocycles. The molecule has 0 spiro atoms. The van der Waals surface area contributed by atoms with Crippen LogP contribution in [0.4, 0.5) is 0 Å². The van der Waals surface area contributed by atoms with E-state index in [-0.39, 0.29) is 18.6 Å². The summed E-state index contributed by atoms with van der Waals surface area (Å²) in [5.74, 6) is -0.359. The molecule has 0 heterocycles. The van der Waals surface area contributed by atoms with Gasteiger partial charge in [0.2, 0.25) is 0 Å². The van der Waals surface area contributed by atoms with E-state index in [9.17, 15) is 13.2 Å². The van der Waals surface area contributed by atoms with Crippen LogP contribution in [0.15, 0.2) is 0 Å². The van der Waals surface area contributed by atoms with Crippen LogP contribution in [0.3, 0.4) is 0 Å². The van der Waals surface area contributed by atoms with Gasteiger partial charge in [0.1, 0.15) is 5.25 Å². The first-order valence-electron chi connectivity index (χ1n) is 3.01. The van der Waals surface area contributed by atoms with Crippen molar-refractivity contribution in [3.63, 3.8) is 0 Å². The van der Waals surface area contributed by atoms with Crippen LogP contribution in [-0.2, 0) is 14.9 Å². The lowest BCUT2D eigenvalue weighted by molar-refractivity contribution is -0.117. The second-order valence-electron chi connectivity index (χ2n) is 2.36. The first-order valence-corrected chi connectivity index (χ1v) is 4.51. The third-order valence-electron chi connectivity index (χ3n) is 1.61. The van der Waals surface area contributed by atoms with E-state index in [1.54, 1.807) is 0 Å². The first-order chi connectivity index (χ1) is 4.52. The Balaban J connectivity index is 2.84. The number of carbonyl (C=O) groups excluding carboxylic acids is 1. The molecule has 1 aliphatic carbocycles. The van der Waals surface area contributed by atoms with Gasteiger partial charge in [-0.15, -0.1) is 0 Å². The molecule has 5 heteroatoms. The molecule has 10 heavy (non-hydrogen) atoms. The highest BCUT2D eigenvalue weighted by Crippen LogP contribution is 2.20. The molecule has 0 aromatic rings. The molecule has 1 rings (SSSR count). The molecule has 1 atom stereocenters. The molecule has 0 saturated heterocycles. The van der Waals surface area contributed by atoms with E-state index in [0.29, 0.717) is 6.42 Å². The Kier molecular flexibility index (Phi) is 1.78. The molecular weight excluding hydrogens is 156 g/mol. The second kappa shape index (κ2) is 2.32. The van der Waals surface area contributed by atoms with Gasteiger partial charge in [0.05, 0.1) is 0 Å². The highest BCUT2D eigenvalue weighted by atomic mass is 32.2. The lowest BCUT2D eigenvalue weighted by Gasteiger charge is -2.00. The Hall–Kier alpha value is -0.420. The normalized spacial score (nSPS) is 27.3. The van der Waals surface area contributed by atoms with Crippen molar-refractivity contribution in [1.29, 1.82) is 0 Å². The third kappa shape index (κ3) is 1.35. The van der Waals surface area contributed by atoms with Crippen LogP contribution >= 0.6 is 0 Å². The molecule has 1 N–H and O–H groups in total. The summed E-state index contributed by atoms with van der Waals surface area (Å²) in [5, 5.41) is -1.13. The van der Waals surface area contributed by atoms with Crippen LogP contribution < -0.4 is 0 Å². The molecule has 0 bridgehead atoms. The van der Waals surface area contributed by atoms with Crippen LogP contribution in [-0.4, -0.2) is 24.0 Å². The third-order valence-corrected chi connectivity index (χ3v) is 2.83. The predicted molar refractivity (Wildman–Crippen MR) is 34.2 cm³/mol. The van der Waals surface area contributed by atoms with Gasteiger partial charge in [-0.1, -0.05) is 0 Å². The zero-order valence-electron chi connectivity index (χ0n) is 5.28. The molecule has 0 radical (unpaired) electrons. The van der Waals surface area contributed by atoms with E-state index in [1.165, 1.54) is 0 Å². The summed E-state index contributed by atoms with van der Waals surface area (Å²) in [6.07, 6.45) is 1.13. The zero-order valence-corrected chi connectivity index (χ0v) is 6.10. The molecular formula is C5H8O4S. The number of hydrogen-bond donors (Lipinski definition) is 1. The zero-order chi connectivity index (χ0) is 7.78. The van der Waals surface area contributed by atoms with Gasteiger partial charge in [-0.2, -0.15) is 8.42 Å². The van der Waals surface area contributed by atoms with E-state index >= 15 is 0 Å². The molecule has 1 aliphatic rings.